The van der Waals surface area contributed by atoms with Gasteiger partial charge in [-0.3, -0.25) is 4.79 Å². The van der Waals surface area contributed by atoms with E-state index in [0.29, 0.717) is 13.1 Å². The molecule has 0 amide bonds. The number of carbonyl (C=O) groups is 1. The number of piperidine rings is 1. The van der Waals surface area contributed by atoms with Gasteiger partial charge in [-0.05, 0) is 18.8 Å². The standard InChI is InChI=1S/C11H22N2O4S/c1-9(2)10(11(14)15)8-12-18(16,17)13-6-4-3-5-7-13/h9-10,12H,3-8H2,1-2H3,(H,14,15). The van der Waals surface area contributed by atoms with E-state index >= 15 is 0 Å². The lowest BCUT2D eigenvalue weighted by atomic mass is 9.97. The molecule has 0 aromatic heterocycles. The molecule has 1 atom stereocenters. The molecule has 106 valence electrons. The van der Waals surface area contributed by atoms with Crippen molar-refractivity contribution in [3.8, 4) is 0 Å². The molecule has 0 aromatic rings. The minimum Gasteiger partial charge on any atom is -0.481 e. The molecular weight excluding hydrogens is 256 g/mol. The molecule has 1 rings (SSSR count). The molecule has 0 saturated carbocycles. The molecule has 1 saturated heterocycles. The van der Waals surface area contributed by atoms with E-state index < -0.39 is 22.1 Å². The third kappa shape index (κ3) is 4.22. The molecule has 7 heteroatoms. The minimum atomic E-state index is -3.53. The molecule has 1 aliphatic rings. The predicted octanol–water partition coefficient (Wildman–Crippen LogP) is 0.664. The lowest BCUT2D eigenvalue weighted by Crippen LogP contribution is -2.46. The van der Waals surface area contributed by atoms with Crippen LogP contribution in [0.1, 0.15) is 33.1 Å². The summed E-state index contributed by atoms with van der Waals surface area (Å²) in [5, 5.41) is 9.00. The Hall–Kier alpha value is -0.660. The number of nitrogens with one attached hydrogen (secondary N) is 1. The van der Waals surface area contributed by atoms with E-state index in [1.54, 1.807) is 13.8 Å². The Kier molecular flexibility index (Phi) is 5.55. The number of aliphatic carboxylic acids is 1. The monoisotopic (exact) mass is 278 g/mol. The van der Waals surface area contributed by atoms with Gasteiger partial charge >= 0.3 is 5.97 Å². The van der Waals surface area contributed by atoms with Crippen LogP contribution in [0, 0.1) is 11.8 Å². The van der Waals surface area contributed by atoms with Gasteiger partial charge in [0.1, 0.15) is 0 Å². The van der Waals surface area contributed by atoms with Crippen molar-refractivity contribution < 1.29 is 18.3 Å². The van der Waals surface area contributed by atoms with E-state index in [1.807, 2.05) is 0 Å². The van der Waals surface area contributed by atoms with Gasteiger partial charge in [-0.15, -0.1) is 0 Å². The van der Waals surface area contributed by atoms with Crippen LogP contribution in [0.25, 0.3) is 0 Å². The van der Waals surface area contributed by atoms with Crippen LogP contribution in [0.5, 0.6) is 0 Å². The molecule has 6 nitrogen and oxygen atoms in total. The second kappa shape index (κ2) is 6.49. The quantitative estimate of drug-likeness (QED) is 0.747. The molecule has 0 aliphatic carbocycles. The van der Waals surface area contributed by atoms with Gasteiger partial charge < -0.3 is 5.11 Å². The zero-order valence-corrected chi connectivity index (χ0v) is 11.7. The summed E-state index contributed by atoms with van der Waals surface area (Å²) >= 11 is 0. The van der Waals surface area contributed by atoms with Crippen molar-refractivity contribution in [2.45, 2.75) is 33.1 Å². The molecular formula is C11H22N2O4S. The summed E-state index contributed by atoms with van der Waals surface area (Å²) in [7, 11) is -3.53. The zero-order valence-electron chi connectivity index (χ0n) is 10.9. The third-order valence-corrected chi connectivity index (χ3v) is 4.84. The van der Waals surface area contributed by atoms with Gasteiger partial charge in [0.2, 0.25) is 0 Å². The first-order valence-corrected chi connectivity index (χ1v) is 7.76. The average Bonchev–Trinajstić information content (AvgIpc) is 2.29. The predicted molar refractivity (Wildman–Crippen MR) is 68.3 cm³/mol. The second-order valence-electron chi connectivity index (χ2n) is 5.00. The lowest BCUT2D eigenvalue weighted by Gasteiger charge is -2.27. The van der Waals surface area contributed by atoms with E-state index in [0.717, 1.165) is 19.3 Å². The normalized spacial score (nSPS) is 19.9. The van der Waals surface area contributed by atoms with Crippen LogP contribution in [0.2, 0.25) is 0 Å². The number of hydrogen-bond acceptors (Lipinski definition) is 3. The van der Waals surface area contributed by atoms with Crippen molar-refractivity contribution >= 4 is 16.2 Å². The summed E-state index contributed by atoms with van der Waals surface area (Å²) in [6, 6.07) is 0. The summed E-state index contributed by atoms with van der Waals surface area (Å²) in [6.45, 7) is 4.54. The van der Waals surface area contributed by atoms with Crippen molar-refractivity contribution in [2.75, 3.05) is 19.6 Å². The molecule has 0 aromatic carbocycles. The van der Waals surface area contributed by atoms with Crippen molar-refractivity contribution in [1.29, 1.82) is 0 Å². The topological polar surface area (TPSA) is 86.7 Å². The maximum atomic E-state index is 12.0. The zero-order chi connectivity index (χ0) is 13.8. The molecule has 1 unspecified atom stereocenters. The highest BCUT2D eigenvalue weighted by molar-refractivity contribution is 7.87. The van der Waals surface area contributed by atoms with Crippen molar-refractivity contribution in [3.63, 3.8) is 0 Å². The van der Waals surface area contributed by atoms with Gasteiger partial charge in [0.25, 0.3) is 10.2 Å². The van der Waals surface area contributed by atoms with Crippen molar-refractivity contribution in [3.05, 3.63) is 0 Å². The highest BCUT2D eigenvalue weighted by Crippen LogP contribution is 2.14. The summed E-state index contributed by atoms with van der Waals surface area (Å²) in [5.41, 5.74) is 0. The smallest absolute Gasteiger partial charge is 0.308 e. The summed E-state index contributed by atoms with van der Waals surface area (Å²) in [5.74, 6) is -1.76. The van der Waals surface area contributed by atoms with Crippen LogP contribution in [-0.4, -0.2) is 43.4 Å². The van der Waals surface area contributed by atoms with E-state index in [-0.39, 0.29) is 12.5 Å². The fourth-order valence-electron chi connectivity index (χ4n) is 2.00. The fraction of sp³-hybridized carbons (Fsp3) is 0.909. The van der Waals surface area contributed by atoms with Crippen LogP contribution >= 0.6 is 0 Å². The van der Waals surface area contributed by atoms with Gasteiger partial charge in [0.05, 0.1) is 5.92 Å². The highest BCUT2D eigenvalue weighted by atomic mass is 32.2. The molecule has 0 radical (unpaired) electrons. The van der Waals surface area contributed by atoms with Gasteiger partial charge in [-0.25, -0.2) is 4.72 Å². The van der Waals surface area contributed by atoms with Crippen LogP contribution < -0.4 is 4.72 Å². The molecule has 1 fully saturated rings. The van der Waals surface area contributed by atoms with Gasteiger partial charge in [-0.1, -0.05) is 20.3 Å². The Morgan fingerprint density at radius 3 is 2.28 bits per heavy atom. The number of nitrogens with zero attached hydrogens (tertiary/aromatic N) is 1. The van der Waals surface area contributed by atoms with Crippen LogP contribution in [0.3, 0.4) is 0 Å². The second-order valence-corrected chi connectivity index (χ2v) is 6.76. The molecule has 0 bridgehead atoms. The molecule has 1 heterocycles. The number of hydrogen-bond donors (Lipinski definition) is 2. The Bertz CT molecular complexity index is 375. The first kappa shape index (κ1) is 15.4. The molecule has 18 heavy (non-hydrogen) atoms. The lowest BCUT2D eigenvalue weighted by molar-refractivity contribution is -0.142. The highest BCUT2D eigenvalue weighted by Gasteiger charge is 2.27. The van der Waals surface area contributed by atoms with E-state index in [4.69, 9.17) is 5.11 Å². The Balaban J connectivity index is 2.57. The summed E-state index contributed by atoms with van der Waals surface area (Å²) < 4.78 is 27.7. The van der Waals surface area contributed by atoms with Gasteiger partial charge in [0.15, 0.2) is 0 Å². The van der Waals surface area contributed by atoms with Crippen molar-refractivity contribution in [1.82, 2.24) is 9.03 Å². The van der Waals surface area contributed by atoms with Gasteiger partial charge in [-0.2, -0.15) is 12.7 Å². The molecule has 0 spiro atoms. The Labute approximate surface area is 109 Å². The number of rotatable bonds is 6. The van der Waals surface area contributed by atoms with Crippen LogP contribution in [0.15, 0.2) is 0 Å². The van der Waals surface area contributed by atoms with E-state index in [9.17, 15) is 13.2 Å². The first-order chi connectivity index (χ1) is 8.34. The summed E-state index contributed by atoms with van der Waals surface area (Å²) in [6.07, 6.45) is 2.79. The van der Waals surface area contributed by atoms with Crippen molar-refractivity contribution in [2.24, 2.45) is 11.8 Å². The van der Waals surface area contributed by atoms with E-state index in [2.05, 4.69) is 4.72 Å². The molecule has 1 aliphatic heterocycles. The number of carboxylic acid groups (broad SMARTS) is 1. The maximum Gasteiger partial charge on any atom is 0.308 e. The average molecular weight is 278 g/mol. The maximum absolute atomic E-state index is 12.0. The first-order valence-electron chi connectivity index (χ1n) is 6.32. The summed E-state index contributed by atoms with van der Waals surface area (Å²) in [4.78, 5) is 11.0. The SMILES string of the molecule is CC(C)C(CNS(=O)(=O)N1CCCCC1)C(=O)O. The largest absolute Gasteiger partial charge is 0.481 e. The van der Waals surface area contributed by atoms with Crippen LogP contribution in [-0.2, 0) is 15.0 Å². The Morgan fingerprint density at radius 2 is 1.83 bits per heavy atom. The van der Waals surface area contributed by atoms with Gasteiger partial charge in [0, 0.05) is 19.6 Å². The fourth-order valence-corrected chi connectivity index (χ4v) is 3.31. The minimum absolute atomic E-state index is 0.0498. The Morgan fingerprint density at radius 1 is 1.28 bits per heavy atom. The molecule has 2 N–H and O–H groups in total. The number of carboxylic acids is 1. The van der Waals surface area contributed by atoms with Crippen LogP contribution in [0.4, 0.5) is 0 Å². The third-order valence-electron chi connectivity index (χ3n) is 3.26. The van der Waals surface area contributed by atoms with E-state index in [1.165, 1.54) is 4.31 Å².